The normalized spacial score (nSPS) is 11.5. The summed E-state index contributed by atoms with van der Waals surface area (Å²) in [7, 11) is 0. The topological polar surface area (TPSA) is 55.1 Å². The second kappa shape index (κ2) is 7.12. The van der Waals surface area contributed by atoms with E-state index in [1.165, 1.54) is 0 Å². The molecule has 0 saturated carbocycles. The van der Waals surface area contributed by atoms with Gasteiger partial charge in [0.05, 0.1) is 10.6 Å². The van der Waals surface area contributed by atoms with Gasteiger partial charge in [0.2, 0.25) is 0 Å². The molecule has 1 amide bonds. The molecule has 0 fully saturated rings. The lowest BCUT2D eigenvalue weighted by molar-refractivity contribution is 0.0941. The number of benzene rings is 1. The van der Waals surface area contributed by atoms with Gasteiger partial charge in [0, 0.05) is 17.1 Å². The average molecular weight is 328 g/mol. The van der Waals surface area contributed by atoms with Crippen LogP contribution in [0.4, 0.5) is 0 Å². The van der Waals surface area contributed by atoms with Crippen LogP contribution in [-0.4, -0.2) is 18.5 Å². The molecule has 3 N–H and O–H groups in total. The Morgan fingerprint density at radius 1 is 1.62 bits per heavy atom. The van der Waals surface area contributed by atoms with Gasteiger partial charge in [-0.15, -0.1) is 12.4 Å². The summed E-state index contributed by atoms with van der Waals surface area (Å²) in [6.07, 6.45) is 0. The van der Waals surface area contributed by atoms with Crippen molar-refractivity contribution in [3.05, 3.63) is 33.3 Å². The van der Waals surface area contributed by atoms with Gasteiger partial charge in [-0.2, -0.15) is 0 Å². The van der Waals surface area contributed by atoms with E-state index in [4.69, 9.17) is 17.3 Å². The van der Waals surface area contributed by atoms with Gasteiger partial charge in [-0.3, -0.25) is 4.79 Å². The van der Waals surface area contributed by atoms with E-state index in [1.807, 2.05) is 6.92 Å². The van der Waals surface area contributed by atoms with Crippen LogP contribution in [-0.2, 0) is 0 Å². The molecule has 1 aromatic rings. The predicted octanol–water partition coefficient (Wildman–Crippen LogP) is 2.60. The van der Waals surface area contributed by atoms with Gasteiger partial charge >= 0.3 is 0 Å². The van der Waals surface area contributed by atoms with Gasteiger partial charge in [0.1, 0.15) is 0 Å². The molecular formula is C10H13BrCl2N2O. The molecule has 0 saturated heterocycles. The first-order valence-corrected chi connectivity index (χ1v) is 5.67. The number of hydrogen-bond acceptors (Lipinski definition) is 2. The number of nitrogens with two attached hydrogens (primary N) is 1. The first kappa shape index (κ1) is 15.7. The number of hydrogen-bond donors (Lipinski definition) is 2. The first-order chi connectivity index (χ1) is 7.04. The van der Waals surface area contributed by atoms with Crippen LogP contribution < -0.4 is 11.1 Å². The summed E-state index contributed by atoms with van der Waals surface area (Å²) in [6.45, 7) is 2.24. The van der Waals surface area contributed by atoms with Crippen LogP contribution in [0.25, 0.3) is 0 Å². The number of halogens is 3. The van der Waals surface area contributed by atoms with Gasteiger partial charge in [0.15, 0.2) is 0 Å². The van der Waals surface area contributed by atoms with Crippen LogP contribution >= 0.6 is 39.9 Å². The zero-order valence-electron chi connectivity index (χ0n) is 8.67. The third-order valence-electron chi connectivity index (χ3n) is 1.90. The van der Waals surface area contributed by atoms with Crippen molar-refractivity contribution in [1.82, 2.24) is 5.32 Å². The molecule has 0 aliphatic carbocycles. The molecule has 3 nitrogen and oxygen atoms in total. The van der Waals surface area contributed by atoms with Crippen molar-refractivity contribution >= 4 is 45.8 Å². The van der Waals surface area contributed by atoms with Crippen LogP contribution in [0.1, 0.15) is 17.3 Å². The van der Waals surface area contributed by atoms with Crippen molar-refractivity contribution in [3.63, 3.8) is 0 Å². The zero-order chi connectivity index (χ0) is 11.4. The van der Waals surface area contributed by atoms with Crippen molar-refractivity contribution < 1.29 is 4.79 Å². The molecule has 0 aliphatic heterocycles. The van der Waals surface area contributed by atoms with Crippen LogP contribution in [0.15, 0.2) is 22.7 Å². The molecule has 0 aliphatic rings. The minimum Gasteiger partial charge on any atom is -0.348 e. The fraction of sp³-hybridized carbons (Fsp3) is 0.300. The SMILES string of the molecule is C[C@H](CN)NC(=O)c1cc(Br)ccc1Cl.Cl. The summed E-state index contributed by atoms with van der Waals surface area (Å²) in [4.78, 5) is 11.7. The van der Waals surface area contributed by atoms with Crippen molar-refractivity contribution in [1.29, 1.82) is 0 Å². The zero-order valence-corrected chi connectivity index (χ0v) is 11.8. The molecule has 0 heterocycles. The van der Waals surface area contributed by atoms with Crippen LogP contribution in [0, 0.1) is 0 Å². The maximum Gasteiger partial charge on any atom is 0.253 e. The van der Waals surface area contributed by atoms with E-state index in [-0.39, 0.29) is 24.4 Å². The Labute approximate surface area is 114 Å². The quantitative estimate of drug-likeness (QED) is 0.896. The molecule has 0 bridgehead atoms. The Bertz CT molecular complexity index is 374. The van der Waals surface area contributed by atoms with Gasteiger partial charge in [-0.25, -0.2) is 0 Å². The van der Waals surface area contributed by atoms with Gasteiger partial charge < -0.3 is 11.1 Å². The van der Waals surface area contributed by atoms with E-state index >= 15 is 0 Å². The van der Waals surface area contributed by atoms with Crippen LogP contribution in [0.5, 0.6) is 0 Å². The van der Waals surface area contributed by atoms with Crippen LogP contribution in [0.3, 0.4) is 0 Å². The molecule has 0 spiro atoms. The molecule has 1 rings (SSSR count). The summed E-state index contributed by atoms with van der Waals surface area (Å²) in [6, 6.07) is 5.08. The molecule has 90 valence electrons. The Morgan fingerprint density at radius 2 is 2.25 bits per heavy atom. The summed E-state index contributed by atoms with van der Waals surface area (Å²) in [5, 5.41) is 3.18. The summed E-state index contributed by atoms with van der Waals surface area (Å²) in [5.41, 5.74) is 5.86. The van der Waals surface area contributed by atoms with Gasteiger partial charge in [0.25, 0.3) is 5.91 Å². The van der Waals surface area contributed by atoms with Crippen molar-refractivity contribution in [2.75, 3.05) is 6.54 Å². The minimum absolute atomic E-state index is 0. The fourth-order valence-corrected chi connectivity index (χ4v) is 1.60. The van der Waals surface area contributed by atoms with Crippen molar-refractivity contribution in [2.45, 2.75) is 13.0 Å². The number of carbonyl (C=O) groups is 1. The fourth-order valence-electron chi connectivity index (χ4n) is 1.03. The monoisotopic (exact) mass is 326 g/mol. The van der Waals surface area contributed by atoms with E-state index < -0.39 is 0 Å². The highest BCUT2D eigenvalue weighted by molar-refractivity contribution is 9.10. The largest absolute Gasteiger partial charge is 0.348 e. The molecule has 0 aromatic heterocycles. The van der Waals surface area contributed by atoms with Crippen molar-refractivity contribution in [3.8, 4) is 0 Å². The Morgan fingerprint density at radius 3 is 2.81 bits per heavy atom. The highest BCUT2D eigenvalue weighted by Gasteiger charge is 2.12. The predicted molar refractivity (Wildman–Crippen MR) is 72.4 cm³/mol. The average Bonchev–Trinajstić information content (AvgIpc) is 2.21. The van der Waals surface area contributed by atoms with E-state index in [0.717, 1.165) is 4.47 Å². The summed E-state index contributed by atoms with van der Waals surface area (Å²) < 4.78 is 0.817. The first-order valence-electron chi connectivity index (χ1n) is 4.50. The molecule has 1 atom stereocenters. The number of nitrogens with one attached hydrogen (secondary N) is 1. The standard InChI is InChI=1S/C10H12BrClN2O.ClH/c1-6(5-13)14-10(15)8-4-7(11)2-3-9(8)12;/h2-4,6H,5,13H2,1H3,(H,14,15);1H/t6-;/m1./s1. The second-order valence-electron chi connectivity index (χ2n) is 3.23. The number of carbonyl (C=O) groups excluding carboxylic acids is 1. The van der Waals surface area contributed by atoms with E-state index in [0.29, 0.717) is 17.1 Å². The molecule has 6 heteroatoms. The highest BCUT2D eigenvalue weighted by Crippen LogP contribution is 2.20. The molecule has 0 radical (unpaired) electrons. The second-order valence-corrected chi connectivity index (χ2v) is 4.56. The minimum atomic E-state index is -0.209. The van der Waals surface area contributed by atoms with E-state index in [9.17, 15) is 4.79 Å². The molecule has 0 unspecified atom stereocenters. The highest BCUT2D eigenvalue weighted by atomic mass is 79.9. The number of amides is 1. The lowest BCUT2D eigenvalue weighted by atomic mass is 10.2. The third kappa shape index (κ3) is 4.29. The smallest absolute Gasteiger partial charge is 0.253 e. The Hall–Kier alpha value is -0.290. The van der Waals surface area contributed by atoms with E-state index in [2.05, 4.69) is 21.2 Å². The lowest BCUT2D eigenvalue weighted by Gasteiger charge is -2.12. The summed E-state index contributed by atoms with van der Waals surface area (Å²) >= 11 is 9.19. The Balaban J connectivity index is 0.00000225. The van der Waals surface area contributed by atoms with Crippen LogP contribution in [0.2, 0.25) is 5.02 Å². The third-order valence-corrected chi connectivity index (χ3v) is 2.73. The summed E-state index contributed by atoms with van der Waals surface area (Å²) in [5.74, 6) is -0.209. The molecular weight excluding hydrogens is 315 g/mol. The van der Waals surface area contributed by atoms with Gasteiger partial charge in [-0.05, 0) is 25.1 Å². The maximum atomic E-state index is 11.7. The molecule has 16 heavy (non-hydrogen) atoms. The lowest BCUT2D eigenvalue weighted by Crippen LogP contribution is -2.37. The van der Waals surface area contributed by atoms with E-state index in [1.54, 1.807) is 18.2 Å². The Kier molecular flexibility index (Phi) is 6.99. The number of rotatable bonds is 3. The van der Waals surface area contributed by atoms with Gasteiger partial charge in [-0.1, -0.05) is 27.5 Å². The maximum absolute atomic E-state index is 11.7. The van der Waals surface area contributed by atoms with Crippen molar-refractivity contribution in [2.24, 2.45) is 5.73 Å². The molecule has 1 aromatic carbocycles.